The minimum atomic E-state index is -3.02. The average molecular weight is 403 g/mol. The summed E-state index contributed by atoms with van der Waals surface area (Å²) in [6.07, 6.45) is 0. The van der Waals surface area contributed by atoms with Gasteiger partial charge in [-0.15, -0.1) is 0 Å². The first-order valence-corrected chi connectivity index (χ1v) is 11.8. The monoisotopic (exact) mass is 402 g/mol. The van der Waals surface area contributed by atoms with Crippen LogP contribution >= 0.6 is 11.3 Å². The summed E-state index contributed by atoms with van der Waals surface area (Å²) in [6, 6.07) is 21.2. The van der Waals surface area contributed by atoms with Crippen molar-refractivity contribution in [1.29, 1.82) is 0 Å². The molecule has 1 heterocycles. The second-order valence-corrected chi connectivity index (χ2v) is 12.8. The number of hydrogen-bond acceptors (Lipinski definition) is 2. The van der Waals surface area contributed by atoms with E-state index in [9.17, 15) is 8.78 Å². The molecule has 0 atom stereocenters. The van der Waals surface area contributed by atoms with Crippen LogP contribution in [-0.4, -0.2) is 14.9 Å². The number of thiophene rings is 1. The highest BCUT2D eigenvalue weighted by atomic mass is 32.1. The molecule has 27 heavy (non-hydrogen) atoms. The molecule has 0 fully saturated rings. The fraction of sp³-hybridized carbons (Fsp3) is 0.273. The predicted octanol–water partition coefficient (Wildman–Crippen LogP) is 5.42. The van der Waals surface area contributed by atoms with Crippen LogP contribution in [0.25, 0.3) is 0 Å². The Balaban J connectivity index is 2.10. The van der Waals surface area contributed by atoms with Crippen molar-refractivity contribution >= 4 is 30.0 Å². The molecule has 0 aliphatic carbocycles. The van der Waals surface area contributed by atoms with Gasteiger partial charge in [-0.3, -0.25) is 0 Å². The van der Waals surface area contributed by atoms with E-state index < -0.39 is 20.8 Å². The van der Waals surface area contributed by atoms with Gasteiger partial charge in [-0.1, -0.05) is 81.4 Å². The van der Waals surface area contributed by atoms with E-state index in [0.29, 0.717) is 0 Å². The minimum absolute atomic E-state index is 0.0189. The molecule has 0 spiro atoms. The highest BCUT2D eigenvalue weighted by Gasteiger charge is 2.51. The molecule has 0 saturated heterocycles. The molecule has 2 aromatic carbocycles. The Morgan fingerprint density at radius 3 is 1.78 bits per heavy atom. The lowest BCUT2D eigenvalue weighted by atomic mass is 10.2. The molecule has 0 radical (unpaired) electrons. The van der Waals surface area contributed by atoms with E-state index in [4.69, 9.17) is 4.43 Å². The maximum Gasteiger partial charge on any atom is 0.295 e. The molecule has 1 nitrogen and oxygen atoms in total. The molecule has 1 aromatic heterocycles. The van der Waals surface area contributed by atoms with Crippen molar-refractivity contribution in [2.75, 3.05) is 6.61 Å². The molecule has 0 aliphatic heterocycles. The Labute approximate surface area is 164 Å². The van der Waals surface area contributed by atoms with Crippen LogP contribution in [0.15, 0.2) is 77.5 Å². The second-order valence-electron chi connectivity index (χ2n) is 7.67. The second kappa shape index (κ2) is 7.66. The Morgan fingerprint density at radius 1 is 0.852 bits per heavy atom. The number of benzene rings is 2. The zero-order valence-electron chi connectivity index (χ0n) is 15.8. The maximum absolute atomic E-state index is 14.8. The van der Waals surface area contributed by atoms with Crippen LogP contribution in [0.3, 0.4) is 0 Å². The summed E-state index contributed by atoms with van der Waals surface area (Å²) in [5, 5.41) is 4.86. The van der Waals surface area contributed by atoms with Crippen molar-refractivity contribution < 1.29 is 13.2 Å². The summed E-state index contributed by atoms with van der Waals surface area (Å²) in [7, 11) is -2.95. The van der Waals surface area contributed by atoms with Crippen molar-refractivity contribution in [3.8, 4) is 0 Å². The standard InChI is InChI=1S/C22H24F2OSSi/c1-21(2,3)27(19-10-6-4-7-11-19,20-12-8-5-9-13-20)25-17-22(23,24)18-14-15-26-16-18/h4-16H,17H2,1-3H3. The SMILES string of the molecule is CC(C)(C)[Si](OCC(F)(F)c1ccsc1)(c1ccccc1)c1ccccc1. The third-order valence-electron chi connectivity index (χ3n) is 4.83. The van der Waals surface area contributed by atoms with Gasteiger partial charge in [0.1, 0.15) is 6.61 Å². The Kier molecular flexibility index (Phi) is 5.65. The Morgan fingerprint density at radius 2 is 1.37 bits per heavy atom. The first-order chi connectivity index (χ1) is 12.8. The third kappa shape index (κ3) is 3.91. The number of alkyl halides is 2. The molecule has 0 bridgehead atoms. The van der Waals surface area contributed by atoms with Gasteiger partial charge in [0.05, 0.1) is 0 Å². The molecule has 5 heteroatoms. The molecule has 142 valence electrons. The lowest BCUT2D eigenvalue weighted by Gasteiger charge is -2.43. The van der Waals surface area contributed by atoms with Crippen LogP contribution < -0.4 is 10.4 Å². The van der Waals surface area contributed by atoms with Gasteiger partial charge in [0, 0.05) is 5.56 Å². The van der Waals surface area contributed by atoms with Crippen molar-refractivity contribution in [1.82, 2.24) is 0 Å². The molecule has 0 amide bonds. The summed E-state index contributed by atoms with van der Waals surface area (Å²) in [5.41, 5.74) is 0.0189. The summed E-state index contributed by atoms with van der Waals surface area (Å²) in [6.45, 7) is 5.63. The zero-order chi connectivity index (χ0) is 19.5. The van der Waals surface area contributed by atoms with Gasteiger partial charge in [-0.05, 0) is 32.2 Å². The molecule has 0 N–H and O–H groups in total. The van der Waals surface area contributed by atoms with Crippen molar-refractivity contribution in [3.63, 3.8) is 0 Å². The van der Waals surface area contributed by atoms with Crippen molar-refractivity contribution in [2.45, 2.75) is 31.7 Å². The van der Waals surface area contributed by atoms with E-state index in [1.165, 1.54) is 22.8 Å². The van der Waals surface area contributed by atoms with E-state index in [1.807, 2.05) is 60.7 Å². The summed E-state index contributed by atoms with van der Waals surface area (Å²) in [5.74, 6) is -3.02. The summed E-state index contributed by atoms with van der Waals surface area (Å²) in [4.78, 5) is 0. The first-order valence-electron chi connectivity index (χ1n) is 8.93. The molecule has 0 aliphatic rings. The Hall–Kier alpha value is -1.82. The van der Waals surface area contributed by atoms with Gasteiger partial charge >= 0.3 is 0 Å². The van der Waals surface area contributed by atoms with Crippen LogP contribution in [0.4, 0.5) is 8.78 Å². The predicted molar refractivity (Wildman–Crippen MR) is 112 cm³/mol. The van der Waals surface area contributed by atoms with Crippen molar-refractivity contribution in [3.05, 3.63) is 83.1 Å². The zero-order valence-corrected chi connectivity index (χ0v) is 17.6. The number of halogens is 2. The molecule has 0 unspecified atom stereocenters. The quantitative estimate of drug-likeness (QED) is 0.501. The van der Waals surface area contributed by atoms with Crippen LogP contribution in [0.1, 0.15) is 26.3 Å². The molecule has 3 rings (SSSR count). The third-order valence-corrected chi connectivity index (χ3v) is 10.5. The van der Waals surface area contributed by atoms with Gasteiger partial charge in [-0.2, -0.15) is 20.1 Å². The van der Waals surface area contributed by atoms with E-state index in [0.717, 1.165) is 10.4 Å². The minimum Gasteiger partial charge on any atom is -0.401 e. The van der Waals surface area contributed by atoms with E-state index in [2.05, 4.69) is 20.8 Å². The van der Waals surface area contributed by atoms with Gasteiger partial charge in [0.25, 0.3) is 14.2 Å². The normalized spacial score (nSPS) is 12.9. The summed E-state index contributed by atoms with van der Waals surface area (Å²) >= 11 is 1.27. The molecule has 0 saturated carbocycles. The van der Waals surface area contributed by atoms with Gasteiger partial charge in [-0.25, -0.2) is 0 Å². The van der Waals surface area contributed by atoms with Gasteiger partial charge < -0.3 is 4.43 Å². The lowest BCUT2D eigenvalue weighted by Crippen LogP contribution is -2.67. The topological polar surface area (TPSA) is 9.23 Å². The highest BCUT2D eigenvalue weighted by molar-refractivity contribution is 7.08. The van der Waals surface area contributed by atoms with E-state index in [-0.39, 0.29) is 10.6 Å². The fourth-order valence-corrected chi connectivity index (χ4v) is 8.77. The van der Waals surface area contributed by atoms with Crippen LogP contribution in [-0.2, 0) is 10.3 Å². The van der Waals surface area contributed by atoms with Crippen LogP contribution in [0.5, 0.6) is 0 Å². The van der Waals surface area contributed by atoms with Crippen molar-refractivity contribution in [2.24, 2.45) is 0 Å². The number of hydrogen-bond donors (Lipinski definition) is 0. The van der Waals surface area contributed by atoms with Crippen LogP contribution in [0.2, 0.25) is 5.04 Å². The summed E-state index contributed by atoms with van der Waals surface area (Å²) < 4.78 is 36.0. The van der Waals surface area contributed by atoms with Gasteiger partial charge in [0.15, 0.2) is 0 Å². The molecular weight excluding hydrogens is 378 g/mol. The van der Waals surface area contributed by atoms with E-state index >= 15 is 0 Å². The van der Waals surface area contributed by atoms with Crippen LogP contribution in [0, 0.1) is 0 Å². The largest absolute Gasteiger partial charge is 0.401 e. The first kappa shape index (κ1) is 19.9. The fourth-order valence-electron chi connectivity index (χ4n) is 3.52. The number of rotatable bonds is 6. The highest BCUT2D eigenvalue weighted by Crippen LogP contribution is 2.39. The average Bonchev–Trinajstić information content (AvgIpc) is 3.18. The van der Waals surface area contributed by atoms with E-state index in [1.54, 1.807) is 5.38 Å². The maximum atomic E-state index is 14.8. The molecule has 3 aromatic rings. The Bertz CT molecular complexity index is 804. The lowest BCUT2D eigenvalue weighted by molar-refractivity contribution is -0.0494. The smallest absolute Gasteiger partial charge is 0.295 e. The molecular formula is C22H24F2OSSi. The van der Waals surface area contributed by atoms with Gasteiger partial charge in [0.2, 0.25) is 0 Å².